The van der Waals surface area contributed by atoms with E-state index in [1.165, 1.54) is 0 Å². The number of fused-ring (bicyclic) bond motifs is 10. The highest BCUT2D eigenvalue weighted by atomic mass is 16.4. The Hall–Kier alpha value is -5.42. The van der Waals surface area contributed by atoms with Crippen LogP contribution in [0.5, 0.6) is 0 Å². The number of rotatable bonds is 2. The van der Waals surface area contributed by atoms with Gasteiger partial charge in [-0.25, -0.2) is 9.97 Å². The van der Waals surface area contributed by atoms with Crippen LogP contribution in [0.25, 0.3) is 83.0 Å². The molecule has 0 spiro atoms. The fourth-order valence-electron chi connectivity index (χ4n) is 5.90. The first-order valence-electron chi connectivity index (χ1n) is 12.9. The van der Waals surface area contributed by atoms with Crippen molar-refractivity contribution < 1.29 is 8.83 Å². The van der Waals surface area contributed by atoms with Crippen LogP contribution in [0, 0.1) is 0 Å². The van der Waals surface area contributed by atoms with E-state index in [9.17, 15) is 0 Å². The molecule has 0 saturated carbocycles. The number of para-hydroxylation sites is 3. The molecule has 0 amide bonds. The highest BCUT2D eigenvalue weighted by Crippen LogP contribution is 2.43. The number of nitrogens with zero attached hydrogens (tertiary/aromatic N) is 3. The van der Waals surface area contributed by atoms with E-state index in [-0.39, 0.29) is 0 Å². The molecule has 39 heavy (non-hydrogen) atoms. The topological polar surface area (TPSA) is 57.0 Å². The molecule has 9 rings (SSSR count). The molecule has 182 valence electrons. The Morgan fingerprint density at radius 2 is 1.18 bits per heavy atom. The zero-order valence-electron chi connectivity index (χ0n) is 20.6. The van der Waals surface area contributed by atoms with Crippen molar-refractivity contribution in [3.63, 3.8) is 0 Å². The van der Waals surface area contributed by atoms with Gasteiger partial charge in [-0.2, -0.15) is 0 Å². The standard InChI is InChI=1S/C34H19N3O2/c1-2-10-20(11-3-1)29-23-13-4-7-15-26(23)35-34(36-29)37-27-16-8-5-12-21(27)22-18-19-25-31(30(22)37)39-32-24-14-6-9-17-28(24)38-33(25)32/h1-19H. The van der Waals surface area contributed by atoms with E-state index < -0.39 is 0 Å². The quantitative estimate of drug-likeness (QED) is 0.237. The van der Waals surface area contributed by atoms with Gasteiger partial charge in [-0.3, -0.25) is 4.57 Å². The first-order chi connectivity index (χ1) is 19.3. The first-order valence-corrected chi connectivity index (χ1v) is 12.9. The van der Waals surface area contributed by atoms with Gasteiger partial charge in [-0.05, 0) is 30.3 Å². The van der Waals surface area contributed by atoms with Crippen LogP contribution < -0.4 is 0 Å². The Labute approximate surface area is 221 Å². The zero-order chi connectivity index (χ0) is 25.5. The number of hydrogen-bond acceptors (Lipinski definition) is 4. The maximum atomic E-state index is 6.64. The summed E-state index contributed by atoms with van der Waals surface area (Å²) in [5.74, 6) is 0.601. The van der Waals surface area contributed by atoms with Crippen molar-refractivity contribution in [3.05, 3.63) is 115 Å². The molecular formula is C34H19N3O2. The van der Waals surface area contributed by atoms with E-state index in [1.54, 1.807) is 0 Å². The van der Waals surface area contributed by atoms with Crippen molar-refractivity contribution in [3.8, 4) is 17.2 Å². The third-order valence-corrected chi connectivity index (χ3v) is 7.63. The molecule has 0 aliphatic heterocycles. The van der Waals surface area contributed by atoms with Crippen molar-refractivity contribution in [1.82, 2.24) is 14.5 Å². The summed E-state index contributed by atoms with van der Waals surface area (Å²) in [6.07, 6.45) is 0. The summed E-state index contributed by atoms with van der Waals surface area (Å²) in [4.78, 5) is 10.3. The lowest BCUT2D eigenvalue weighted by Crippen LogP contribution is -2.03. The van der Waals surface area contributed by atoms with Gasteiger partial charge >= 0.3 is 0 Å². The highest BCUT2D eigenvalue weighted by molar-refractivity contribution is 6.23. The molecule has 5 aromatic carbocycles. The highest BCUT2D eigenvalue weighted by Gasteiger charge is 2.23. The summed E-state index contributed by atoms with van der Waals surface area (Å²) in [5, 5.41) is 5.11. The van der Waals surface area contributed by atoms with Gasteiger partial charge in [-0.1, -0.05) is 84.9 Å². The maximum Gasteiger partial charge on any atom is 0.235 e. The van der Waals surface area contributed by atoms with Crippen molar-refractivity contribution in [2.45, 2.75) is 0 Å². The summed E-state index contributed by atoms with van der Waals surface area (Å²) < 4.78 is 15.1. The predicted octanol–water partition coefficient (Wildman–Crippen LogP) is 9.04. The minimum atomic E-state index is 0.601. The smallest absolute Gasteiger partial charge is 0.235 e. The zero-order valence-corrected chi connectivity index (χ0v) is 20.6. The van der Waals surface area contributed by atoms with Gasteiger partial charge in [0.05, 0.1) is 27.5 Å². The number of furan rings is 2. The molecule has 0 aliphatic carbocycles. The molecule has 0 N–H and O–H groups in total. The lowest BCUT2D eigenvalue weighted by atomic mass is 10.1. The SMILES string of the molecule is c1ccc(-c2nc(-n3c4ccccc4c4ccc5c6oc7ccccc7c6oc5c43)nc3ccccc23)cc1. The normalized spacial score (nSPS) is 12.1. The fourth-order valence-corrected chi connectivity index (χ4v) is 5.90. The van der Waals surface area contributed by atoms with Crippen molar-refractivity contribution in [2.75, 3.05) is 0 Å². The second kappa shape index (κ2) is 7.55. The lowest BCUT2D eigenvalue weighted by molar-refractivity contribution is 0.654. The Bertz CT molecular complexity index is 2390. The molecule has 5 nitrogen and oxygen atoms in total. The summed E-state index contributed by atoms with van der Waals surface area (Å²) in [7, 11) is 0. The van der Waals surface area contributed by atoms with Crippen molar-refractivity contribution >= 4 is 65.8 Å². The van der Waals surface area contributed by atoms with Gasteiger partial charge in [0.15, 0.2) is 16.7 Å². The Morgan fingerprint density at radius 3 is 2.08 bits per heavy atom. The van der Waals surface area contributed by atoms with Crippen LogP contribution in [0.2, 0.25) is 0 Å². The third-order valence-electron chi connectivity index (χ3n) is 7.63. The van der Waals surface area contributed by atoms with Gasteiger partial charge in [0.1, 0.15) is 11.1 Å². The Morgan fingerprint density at radius 1 is 0.487 bits per heavy atom. The van der Waals surface area contributed by atoms with Crippen LogP contribution in [-0.2, 0) is 0 Å². The molecule has 0 unspecified atom stereocenters. The number of benzene rings is 5. The molecule has 0 bridgehead atoms. The van der Waals surface area contributed by atoms with Crippen LogP contribution in [0.15, 0.2) is 124 Å². The van der Waals surface area contributed by atoms with Crippen LogP contribution in [0.1, 0.15) is 0 Å². The monoisotopic (exact) mass is 501 g/mol. The fraction of sp³-hybridized carbons (Fsp3) is 0. The second-order valence-corrected chi connectivity index (χ2v) is 9.80. The summed E-state index contributed by atoms with van der Waals surface area (Å²) in [6.45, 7) is 0. The van der Waals surface area contributed by atoms with Gasteiger partial charge in [0.2, 0.25) is 5.95 Å². The lowest BCUT2D eigenvalue weighted by Gasteiger charge is -2.11. The molecule has 5 heteroatoms. The second-order valence-electron chi connectivity index (χ2n) is 9.80. The Balaban J connectivity index is 1.46. The van der Waals surface area contributed by atoms with Crippen LogP contribution in [-0.4, -0.2) is 14.5 Å². The van der Waals surface area contributed by atoms with Gasteiger partial charge < -0.3 is 8.83 Å². The Kier molecular flexibility index (Phi) is 3.99. The van der Waals surface area contributed by atoms with E-state index in [4.69, 9.17) is 18.8 Å². The summed E-state index contributed by atoms with van der Waals surface area (Å²) in [5.41, 5.74) is 7.88. The summed E-state index contributed by atoms with van der Waals surface area (Å²) >= 11 is 0. The van der Waals surface area contributed by atoms with Crippen LogP contribution in [0.3, 0.4) is 0 Å². The van der Waals surface area contributed by atoms with Gasteiger partial charge in [0.25, 0.3) is 0 Å². The molecule has 0 radical (unpaired) electrons. The number of aromatic nitrogens is 3. The van der Waals surface area contributed by atoms with E-state index in [1.807, 2.05) is 60.7 Å². The van der Waals surface area contributed by atoms with Crippen LogP contribution >= 0.6 is 0 Å². The van der Waals surface area contributed by atoms with E-state index in [2.05, 4.69) is 59.2 Å². The molecule has 0 fully saturated rings. The number of hydrogen-bond donors (Lipinski definition) is 0. The summed E-state index contributed by atoms with van der Waals surface area (Å²) in [6, 6.07) is 39.1. The van der Waals surface area contributed by atoms with Gasteiger partial charge in [-0.15, -0.1) is 0 Å². The molecule has 9 aromatic rings. The largest absolute Gasteiger partial charge is 0.452 e. The molecule has 0 atom stereocenters. The minimum absolute atomic E-state index is 0.601. The van der Waals surface area contributed by atoms with Crippen molar-refractivity contribution in [2.24, 2.45) is 0 Å². The average molecular weight is 502 g/mol. The average Bonchev–Trinajstić information content (AvgIpc) is 3.65. The first kappa shape index (κ1) is 20.6. The van der Waals surface area contributed by atoms with Crippen LogP contribution in [0.4, 0.5) is 0 Å². The van der Waals surface area contributed by atoms with E-state index in [0.29, 0.717) is 5.95 Å². The van der Waals surface area contributed by atoms with E-state index >= 15 is 0 Å². The minimum Gasteiger partial charge on any atom is -0.452 e. The molecule has 4 heterocycles. The van der Waals surface area contributed by atoms with Gasteiger partial charge in [0, 0.05) is 21.7 Å². The molecule has 4 aromatic heterocycles. The molecule has 0 aliphatic rings. The van der Waals surface area contributed by atoms with E-state index in [0.717, 1.165) is 77.1 Å². The predicted molar refractivity (Wildman–Crippen MR) is 156 cm³/mol. The maximum absolute atomic E-state index is 6.64. The molecule has 0 saturated heterocycles. The van der Waals surface area contributed by atoms with Crippen molar-refractivity contribution in [1.29, 1.82) is 0 Å². The molecular weight excluding hydrogens is 482 g/mol. The third kappa shape index (κ3) is 2.79.